The van der Waals surface area contributed by atoms with E-state index in [2.05, 4.69) is 56.1 Å². The van der Waals surface area contributed by atoms with Crippen LogP contribution in [0.1, 0.15) is 16.7 Å². The molecule has 0 atom stereocenters. The van der Waals surface area contributed by atoms with Gasteiger partial charge in [0, 0.05) is 12.2 Å². The van der Waals surface area contributed by atoms with Crippen LogP contribution in [0.3, 0.4) is 0 Å². The van der Waals surface area contributed by atoms with Crippen molar-refractivity contribution in [3.05, 3.63) is 71.8 Å². The third-order valence-corrected chi connectivity index (χ3v) is 3.38. The molecule has 0 heterocycles. The summed E-state index contributed by atoms with van der Waals surface area (Å²) in [7, 11) is 0. The maximum Gasteiger partial charge on any atom is 0.119 e. The zero-order chi connectivity index (χ0) is 14.4. The number of hydrogen-bond acceptors (Lipinski definition) is 2. The molecule has 2 rings (SSSR count). The molecule has 104 valence electrons. The van der Waals surface area contributed by atoms with E-state index in [0.29, 0.717) is 6.61 Å². The van der Waals surface area contributed by atoms with Crippen molar-refractivity contribution in [1.29, 1.82) is 0 Å². The molecule has 0 aliphatic rings. The summed E-state index contributed by atoms with van der Waals surface area (Å²) < 4.78 is 5.47. The summed E-state index contributed by atoms with van der Waals surface area (Å²) in [6.45, 7) is 9.26. The van der Waals surface area contributed by atoms with Gasteiger partial charge in [0.1, 0.15) is 12.4 Å². The topological polar surface area (TPSA) is 21.3 Å². The zero-order valence-corrected chi connectivity index (χ0v) is 12.1. The van der Waals surface area contributed by atoms with Crippen LogP contribution in [-0.2, 0) is 6.54 Å². The van der Waals surface area contributed by atoms with Gasteiger partial charge in [-0.05, 0) is 48.7 Å². The van der Waals surface area contributed by atoms with Crippen LogP contribution in [0.15, 0.2) is 55.1 Å². The second-order valence-corrected chi connectivity index (χ2v) is 4.84. The molecule has 0 spiro atoms. The van der Waals surface area contributed by atoms with Crippen LogP contribution in [0.5, 0.6) is 5.75 Å². The first kappa shape index (κ1) is 14.2. The molecule has 2 aromatic rings. The van der Waals surface area contributed by atoms with Gasteiger partial charge in [-0.3, -0.25) is 0 Å². The van der Waals surface area contributed by atoms with Crippen LogP contribution < -0.4 is 10.1 Å². The van der Waals surface area contributed by atoms with Gasteiger partial charge in [-0.25, -0.2) is 0 Å². The predicted molar refractivity (Wildman–Crippen MR) is 85.4 cm³/mol. The number of anilines is 1. The van der Waals surface area contributed by atoms with Crippen LogP contribution >= 0.6 is 0 Å². The van der Waals surface area contributed by atoms with Crippen LogP contribution in [0.25, 0.3) is 0 Å². The highest BCUT2D eigenvalue weighted by Gasteiger charge is 2.00. The van der Waals surface area contributed by atoms with E-state index in [1.807, 2.05) is 12.1 Å². The fraction of sp³-hybridized carbons (Fsp3) is 0.222. The average Bonchev–Trinajstić information content (AvgIpc) is 2.48. The van der Waals surface area contributed by atoms with E-state index in [0.717, 1.165) is 12.3 Å². The molecule has 0 amide bonds. The fourth-order valence-electron chi connectivity index (χ4n) is 2.00. The number of ether oxygens (including phenoxy) is 1. The zero-order valence-electron chi connectivity index (χ0n) is 12.1. The smallest absolute Gasteiger partial charge is 0.119 e. The average molecular weight is 267 g/mol. The highest BCUT2D eigenvalue weighted by Crippen LogP contribution is 2.19. The number of benzene rings is 2. The summed E-state index contributed by atoms with van der Waals surface area (Å²) in [5, 5.41) is 3.48. The number of aryl methyl sites for hydroxylation is 1. The Labute approximate surface area is 121 Å². The Bertz CT molecular complexity index is 572. The Balaban J connectivity index is 1.97. The molecule has 0 aromatic heterocycles. The quantitative estimate of drug-likeness (QED) is 0.779. The summed E-state index contributed by atoms with van der Waals surface area (Å²) in [5.41, 5.74) is 5.04. The minimum Gasteiger partial charge on any atom is -0.490 e. The molecule has 2 heteroatoms. The minimum absolute atomic E-state index is 0.542. The fourth-order valence-corrected chi connectivity index (χ4v) is 2.00. The van der Waals surface area contributed by atoms with E-state index >= 15 is 0 Å². The van der Waals surface area contributed by atoms with Crippen molar-refractivity contribution in [1.82, 2.24) is 0 Å². The molecule has 0 saturated carbocycles. The van der Waals surface area contributed by atoms with Crippen LogP contribution in [0.4, 0.5) is 5.69 Å². The summed E-state index contributed by atoms with van der Waals surface area (Å²) in [6, 6.07) is 14.5. The van der Waals surface area contributed by atoms with Gasteiger partial charge in [0.05, 0.1) is 0 Å². The van der Waals surface area contributed by atoms with E-state index in [9.17, 15) is 0 Å². The molecule has 0 radical (unpaired) electrons. The van der Waals surface area contributed by atoms with Crippen LogP contribution in [0, 0.1) is 13.8 Å². The largest absolute Gasteiger partial charge is 0.490 e. The highest BCUT2D eigenvalue weighted by molar-refractivity contribution is 5.53. The third kappa shape index (κ3) is 3.64. The summed E-state index contributed by atoms with van der Waals surface area (Å²) in [6.07, 6.45) is 1.75. The molecule has 2 nitrogen and oxygen atoms in total. The standard InChI is InChI=1S/C18H21NO/c1-4-12-20-17-10-8-16(9-11-17)13-19-18-7-5-6-14(2)15(18)3/h4-11,19H,1,12-13H2,2-3H3. The van der Waals surface area contributed by atoms with Gasteiger partial charge in [0.15, 0.2) is 0 Å². The second-order valence-electron chi connectivity index (χ2n) is 4.84. The predicted octanol–water partition coefficient (Wildman–Crippen LogP) is 4.48. The van der Waals surface area contributed by atoms with Gasteiger partial charge in [0.25, 0.3) is 0 Å². The Morgan fingerprint density at radius 1 is 1.10 bits per heavy atom. The molecule has 0 saturated heterocycles. The first-order chi connectivity index (χ1) is 9.70. The van der Waals surface area contributed by atoms with Crippen molar-refractivity contribution in [3.63, 3.8) is 0 Å². The lowest BCUT2D eigenvalue weighted by Gasteiger charge is -2.12. The number of hydrogen-bond donors (Lipinski definition) is 1. The van der Waals surface area contributed by atoms with Crippen LogP contribution in [0.2, 0.25) is 0 Å². The number of rotatable bonds is 6. The Hall–Kier alpha value is -2.22. The van der Waals surface area contributed by atoms with Gasteiger partial charge >= 0.3 is 0 Å². The SMILES string of the molecule is C=CCOc1ccc(CNc2cccc(C)c2C)cc1. The lowest BCUT2D eigenvalue weighted by molar-refractivity contribution is 0.363. The monoisotopic (exact) mass is 267 g/mol. The van der Waals surface area contributed by atoms with Crippen molar-refractivity contribution in [3.8, 4) is 5.75 Å². The number of nitrogens with one attached hydrogen (secondary N) is 1. The van der Waals surface area contributed by atoms with E-state index in [1.165, 1.54) is 22.4 Å². The molecule has 0 fully saturated rings. The summed E-state index contributed by atoms with van der Waals surface area (Å²) in [4.78, 5) is 0. The van der Waals surface area contributed by atoms with Gasteiger partial charge in [-0.2, -0.15) is 0 Å². The van der Waals surface area contributed by atoms with E-state index < -0.39 is 0 Å². The van der Waals surface area contributed by atoms with Crippen molar-refractivity contribution in [2.45, 2.75) is 20.4 Å². The molecular formula is C18H21NO. The van der Waals surface area contributed by atoms with Gasteiger partial charge in [-0.15, -0.1) is 0 Å². The van der Waals surface area contributed by atoms with Crippen molar-refractivity contribution >= 4 is 5.69 Å². The Morgan fingerprint density at radius 2 is 1.85 bits per heavy atom. The molecule has 20 heavy (non-hydrogen) atoms. The Kier molecular flexibility index (Phi) is 4.83. The lowest BCUT2D eigenvalue weighted by Crippen LogP contribution is -2.02. The highest BCUT2D eigenvalue weighted by atomic mass is 16.5. The minimum atomic E-state index is 0.542. The van der Waals surface area contributed by atoms with Crippen molar-refractivity contribution < 1.29 is 4.74 Å². The molecule has 0 aliphatic carbocycles. The normalized spacial score (nSPS) is 10.1. The lowest BCUT2D eigenvalue weighted by atomic mass is 10.1. The molecule has 0 bridgehead atoms. The van der Waals surface area contributed by atoms with Crippen molar-refractivity contribution in [2.24, 2.45) is 0 Å². The molecule has 0 unspecified atom stereocenters. The summed E-state index contributed by atoms with van der Waals surface area (Å²) >= 11 is 0. The van der Waals surface area contributed by atoms with Gasteiger partial charge < -0.3 is 10.1 Å². The third-order valence-electron chi connectivity index (χ3n) is 3.38. The van der Waals surface area contributed by atoms with E-state index in [1.54, 1.807) is 6.08 Å². The van der Waals surface area contributed by atoms with Crippen molar-refractivity contribution in [2.75, 3.05) is 11.9 Å². The molecular weight excluding hydrogens is 246 g/mol. The van der Waals surface area contributed by atoms with Crippen LogP contribution in [-0.4, -0.2) is 6.61 Å². The first-order valence-electron chi connectivity index (χ1n) is 6.83. The molecule has 1 N–H and O–H groups in total. The van der Waals surface area contributed by atoms with Gasteiger partial charge in [-0.1, -0.05) is 36.9 Å². The summed E-state index contributed by atoms with van der Waals surface area (Å²) in [5.74, 6) is 0.875. The molecule has 0 aliphatic heterocycles. The van der Waals surface area contributed by atoms with E-state index in [4.69, 9.17) is 4.74 Å². The second kappa shape index (κ2) is 6.80. The van der Waals surface area contributed by atoms with Gasteiger partial charge in [0.2, 0.25) is 0 Å². The maximum atomic E-state index is 5.47. The first-order valence-corrected chi connectivity index (χ1v) is 6.83. The maximum absolute atomic E-state index is 5.47. The Morgan fingerprint density at radius 3 is 2.55 bits per heavy atom. The molecule has 2 aromatic carbocycles. The van der Waals surface area contributed by atoms with E-state index in [-0.39, 0.29) is 0 Å².